The lowest BCUT2D eigenvalue weighted by Crippen LogP contribution is -2.47. The number of Topliss-reactive ketones (excluding diaryl/α,β-unsaturated/α-hetero) is 1. The van der Waals surface area contributed by atoms with Crippen molar-refractivity contribution < 1.29 is 31.9 Å². The third kappa shape index (κ3) is 8.31. The van der Waals surface area contributed by atoms with Gasteiger partial charge in [0.25, 0.3) is 5.91 Å². The van der Waals surface area contributed by atoms with Crippen LogP contribution in [0.15, 0.2) is 71.8 Å². The molecule has 2 fully saturated rings. The number of ketones is 1. The summed E-state index contributed by atoms with van der Waals surface area (Å²) in [6.45, 7) is 3.69. The van der Waals surface area contributed by atoms with Gasteiger partial charge in [-0.05, 0) is 91.7 Å². The molecule has 234 valence electrons. The lowest BCUT2D eigenvalue weighted by molar-refractivity contribution is -0.117. The van der Waals surface area contributed by atoms with Crippen molar-refractivity contribution >= 4 is 35.4 Å². The second-order valence-electron chi connectivity index (χ2n) is 11.3. The summed E-state index contributed by atoms with van der Waals surface area (Å²) in [5.41, 5.74) is 1.82. The van der Waals surface area contributed by atoms with Crippen molar-refractivity contribution in [3.05, 3.63) is 112 Å². The quantitative estimate of drug-likeness (QED) is 0.285. The van der Waals surface area contributed by atoms with Crippen LogP contribution in [0.4, 0.5) is 23.2 Å². The number of benzene rings is 3. The average Bonchev–Trinajstić information content (AvgIpc) is 3.00. The van der Waals surface area contributed by atoms with E-state index in [1.165, 1.54) is 24.3 Å². The number of carbonyl (C=O) groups excluding carboxylic acids is 3. The molecule has 45 heavy (non-hydrogen) atoms. The van der Waals surface area contributed by atoms with E-state index in [1.54, 1.807) is 24.3 Å². The maximum Gasteiger partial charge on any atom is 0.251 e. The number of nitrogens with zero attached hydrogens (tertiary/aromatic N) is 2. The molecule has 2 amide bonds. The van der Waals surface area contributed by atoms with Gasteiger partial charge in [0.1, 0.15) is 0 Å². The summed E-state index contributed by atoms with van der Waals surface area (Å²) in [7, 11) is 2.04. The zero-order valence-corrected chi connectivity index (χ0v) is 24.6. The van der Waals surface area contributed by atoms with E-state index in [1.807, 2.05) is 7.05 Å². The summed E-state index contributed by atoms with van der Waals surface area (Å²) < 4.78 is 54.7. The van der Waals surface area contributed by atoms with Crippen molar-refractivity contribution in [1.82, 2.24) is 15.1 Å². The second kappa shape index (κ2) is 14.0. The highest BCUT2D eigenvalue weighted by Gasteiger charge is 2.29. The Labute approximate surface area is 258 Å². The van der Waals surface area contributed by atoms with Gasteiger partial charge >= 0.3 is 0 Å². The Hall–Kier alpha value is -4.61. The topological polar surface area (TPSA) is 81.8 Å². The van der Waals surface area contributed by atoms with Crippen LogP contribution < -0.4 is 10.6 Å². The molecule has 0 radical (unpaired) electrons. The maximum absolute atomic E-state index is 13.9. The van der Waals surface area contributed by atoms with Crippen molar-refractivity contribution in [2.45, 2.75) is 18.9 Å². The molecule has 1 saturated carbocycles. The molecule has 11 heteroatoms. The number of amides is 2. The molecule has 7 nitrogen and oxygen atoms in total. The summed E-state index contributed by atoms with van der Waals surface area (Å²) in [5.74, 6) is -5.20. The lowest BCUT2D eigenvalue weighted by atomic mass is 9.83. The number of likely N-dealkylation sites (N-methyl/N-ethyl adjacent to an activating group) is 1. The van der Waals surface area contributed by atoms with E-state index in [-0.39, 0.29) is 47.6 Å². The van der Waals surface area contributed by atoms with E-state index in [0.717, 1.165) is 50.4 Å². The molecule has 3 aromatic carbocycles. The number of hydrogen-bond acceptors (Lipinski definition) is 5. The van der Waals surface area contributed by atoms with Crippen molar-refractivity contribution in [3.8, 4) is 0 Å². The predicted molar refractivity (Wildman–Crippen MR) is 163 cm³/mol. The van der Waals surface area contributed by atoms with Crippen LogP contribution in [-0.2, 0) is 9.59 Å². The van der Waals surface area contributed by atoms with Crippen molar-refractivity contribution in [1.29, 1.82) is 0 Å². The fraction of sp³-hybridized carbons (Fsp3) is 0.265. The van der Waals surface area contributed by atoms with E-state index in [9.17, 15) is 31.9 Å². The first-order valence-corrected chi connectivity index (χ1v) is 14.5. The number of anilines is 1. The number of nitrogens with one attached hydrogen (secondary N) is 2. The minimum absolute atomic E-state index is 0.0963. The smallest absolute Gasteiger partial charge is 0.251 e. The summed E-state index contributed by atoms with van der Waals surface area (Å²) in [6, 6.07) is 12.3. The SMILES string of the molecule is CN1CCN(CC(=O)Nc2ccc(C(=O)NC3C/C(=C\c4ccc(F)c(F)c4)C(=O)/C(=C/c4ccc(F)c(F)c4)C3)cc2)CC1. The van der Waals surface area contributed by atoms with E-state index < -0.39 is 41.0 Å². The number of hydrogen-bond donors (Lipinski definition) is 2. The highest BCUT2D eigenvalue weighted by molar-refractivity contribution is 6.14. The summed E-state index contributed by atoms with van der Waals surface area (Å²) >= 11 is 0. The van der Waals surface area contributed by atoms with E-state index in [2.05, 4.69) is 20.4 Å². The fourth-order valence-corrected chi connectivity index (χ4v) is 5.34. The first kappa shape index (κ1) is 31.8. The monoisotopic (exact) mass is 620 g/mol. The molecular formula is C34H32F4N4O3. The van der Waals surface area contributed by atoms with Crippen LogP contribution in [0.5, 0.6) is 0 Å². The minimum atomic E-state index is -1.08. The third-order valence-corrected chi connectivity index (χ3v) is 7.81. The van der Waals surface area contributed by atoms with E-state index in [4.69, 9.17) is 0 Å². The summed E-state index contributed by atoms with van der Waals surface area (Å²) in [6.07, 6.45) is 3.03. The van der Waals surface area contributed by atoms with Gasteiger partial charge in [-0.25, -0.2) is 17.6 Å². The lowest BCUT2D eigenvalue weighted by Gasteiger charge is -2.31. The Bertz CT molecular complexity index is 1590. The molecule has 5 rings (SSSR count). The normalized spacial score (nSPS) is 19.6. The molecule has 0 atom stereocenters. The zero-order chi connectivity index (χ0) is 32.1. The third-order valence-electron chi connectivity index (χ3n) is 7.81. The molecule has 1 aliphatic heterocycles. The molecule has 0 bridgehead atoms. The van der Waals surface area contributed by atoms with Crippen molar-refractivity contribution in [3.63, 3.8) is 0 Å². The van der Waals surface area contributed by atoms with Gasteiger partial charge in [-0.2, -0.15) is 0 Å². The molecule has 1 saturated heterocycles. The van der Waals surface area contributed by atoms with Crippen molar-refractivity contribution in [2.24, 2.45) is 0 Å². The summed E-state index contributed by atoms with van der Waals surface area (Å²) in [4.78, 5) is 43.4. The highest BCUT2D eigenvalue weighted by atomic mass is 19.2. The Morgan fingerprint density at radius 2 is 1.31 bits per heavy atom. The Kier molecular flexibility index (Phi) is 9.90. The van der Waals surface area contributed by atoms with Crippen LogP contribution in [0.3, 0.4) is 0 Å². The molecule has 1 heterocycles. The molecule has 0 unspecified atom stereocenters. The van der Waals surface area contributed by atoms with Gasteiger partial charge in [0.15, 0.2) is 29.1 Å². The Morgan fingerprint density at radius 3 is 1.82 bits per heavy atom. The number of halogens is 4. The van der Waals surface area contributed by atoms with Crippen LogP contribution in [0.1, 0.15) is 34.3 Å². The van der Waals surface area contributed by atoms with Gasteiger partial charge < -0.3 is 15.5 Å². The maximum atomic E-state index is 13.9. The zero-order valence-electron chi connectivity index (χ0n) is 24.6. The largest absolute Gasteiger partial charge is 0.349 e. The minimum Gasteiger partial charge on any atom is -0.349 e. The molecular weight excluding hydrogens is 588 g/mol. The Morgan fingerprint density at radius 1 is 0.778 bits per heavy atom. The standard InChI is InChI=1S/C34H32F4N4O3/c1-41-10-12-42(13-11-41)20-32(43)39-26-6-4-23(5-7-26)34(45)40-27-18-24(14-21-2-8-28(35)30(37)16-21)33(44)25(19-27)15-22-3-9-29(36)31(38)17-22/h2-9,14-17,27H,10-13,18-20H2,1H3,(H,39,43)(H,40,45)/b24-14+,25-15+. The van der Waals surface area contributed by atoms with E-state index >= 15 is 0 Å². The van der Waals surface area contributed by atoms with Crippen LogP contribution in [0, 0.1) is 23.3 Å². The Balaban J connectivity index is 1.30. The van der Waals surface area contributed by atoms with Gasteiger partial charge in [-0.15, -0.1) is 0 Å². The van der Waals surface area contributed by atoms with E-state index in [0.29, 0.717) is 11.3 Å². The molecule has 1 aliphatic carbocycles. The van der Waals surface area contributed by atoms with Crippen molar-refractivity contribution in [2.75, 3.05) is 45.1 Å². The van der Waals surface area contributed by atoms with Gasteiger partial charge in [-0.3, -0.25) is 19.3 Å². The summed E-state index contributed by atoms with van der Waals surface area (Å²) in [5, 5.41) is 5.75. The molecule has 2 aliphatic rings. The fourth-order valence-electron chi connectivity index (χ4n) is 5.34. The van der Waals surface area contributed by atoms with Crippen LogP contribution >= 0.6 is 0 Å². The van der Waals surface area contributed by atoms with Gasteiger partial charge in [0.05, 0.1) is 6.54 Å². The molecule has 3 aromatic rings. The first-order chi connectivity index (χ1) is 21.5. The van der Waals surface area contributed by atoms with Crippen LogP contribution in [-0.4, -0.2) is 73.2 Å². The first-order valence-electron chi connectivity index (χ1n) is 14.5. The average molecular weight is 621 g/mol. The van der Waals surface area contributed by atoms with Crippen LogP contribution in [0.2, 0.25) is 0 Å². The number of piperazine rings is 1. The molecule has 2 N–H and O–H groups in total. The van der Waals surface area contributed by atoms with Gasteiger partial charge in [-0.1, -0.05) is 12.1 Å². The van der Waals surface area contributed by atoms with Gasteiger partial charge in [0.2, 0.25) is 5.91 Å². The van der Waals surface area contributed by atoms with Crippen LogP contribution in [0.25, 0.3) is 12.2 Å². The second-order valence-corrected chi connectivity index (χ2v) is 11.3. The highest BCUT2D eigenvalue weighted by Crippen LogP contribution is 2.29. The number of carbonyl (C=O) groups is 3. The molecule has 0 aromatic heterocycles. The molecule has 0 spiro atoms. The number of rotatable bonds is 7. The van der Waals surface area contributed by atoms with Gasteiger partial charge in [0, 0.05) is 54.6 Å². The predicted octanol–water partition coefficient (Wildman–Crippen LogP) is 5.06.